The number of methoxy groups -OCH3 is 1. The Kier molecular flexibility index (Phi) is 6.37. The number of allylic oxidation sites excluding steroid dienone is 4. The van der Waals surface area contributed by atoms with Crippen LogP contribution in [0.2, 0.25) is 0 Å². The molecule has 0 unspecified atom stereocenters. The quantitative estimate of drug-likeness (QED) is 0.674. The molecular formula is C13H22O2. The molecule has 0 amide bonds. The molecule has 0 aromatic heterocycles. The molecular weight excluding hydrogens is 188 g/mol. The summed E-state index contributed by atoms with van der Waals surface area (Å²) in [5.41, 5.74) is 0. The molecule has 1 N–H and O–H groups in total. The van der Waals surface area contributed by atoms with Crippen molar-refractivity contribution in [2.45, 2.75) is 50.7 Å². The van der Waals surface area contributed by atoms with Gasteiger partial charge in [0.25, 0.3) is 0 Å². The third kappa shape index (κ3) is 5.14. The number of aliphatic hydroxyl groups excluding tert-OH is 1. The van der Waals surface area contributed by atoms with Gasteiger partial charge in [-0.1, -0.05) is 24.3 Å². The van der Waals surface area contributed by atoms with E-state index >= 15 is 0 Å². The fraction of sp³-hybridized carbons (Fsp3) is 0.692. The molecule has 86 valence electrons. The normalized spacial score (nSPS) is 33.7. The van der Waals surface area contributed by atoms with Crippen molar-refractivity contribution in [1.29, 1.82) is 0 Å². The second-order valence-corrected chi connectivity index (χ2v) is 4.02. The summed E-state index contributed by atoms with van der Waals surface area (Å²) < 4.78 is 5.30. The standard InChI is InChI=1S/C13H22O2/c1-15-13-11-9-7-5-3-2-4-6-8-10-12(13)14/h4-7,12-14H,2-3,8-11H2,1H3/b6-4+,7-5+/t12-,13-/m1/s1. The van der Waals surface area contributed by atoms with Crippen LogP contribution in [0.4, 0.5) is 0 Å². The van der Waals surface area contributed by atoms with Gasteiger partial charge in [0.05, 0.1) is 12.2 Å². The Morgan fingerprint density at radius 3 is 2.07 bits per heavy atom. The Morgan fingerprint density at radius 1 is 0.933 bits per heavy atom. The predicted octanol–water partition coefficient (Wildman–Crippen LogP) is 2.83. The van der Waals surface area contributed by atoms with E-state index in [1.165, 1.54) is 0 Å². The van der Waals surface area contributed by atoms with Crippen LogP contribution in [0.3, 0.4) is 0 Å². The predicted molar refractivity (Wildman–Crippen MR) is 62.8 cm³/mol. The summed E-state index contributed by atoms with van der Waals surface area (Å²) in [5, 5.41) is 9.87. The van der Waals surface area contributed by atoms with Gasteiger partial charge in [0.15, 0.2) is 0 Å². The Hall–Kier alpha value is -0.600. The summed E-state index contributed by atoms with van der Waals surface area (Å²) in [6.45, 7) is 0. The minimum absolute atomic E-state index is 0.0116. The van der Waals surface area contributed by atoms with Crippen molar-refractivity contribution in [1.82, 2.24) is 0 Å². The van der Waals surface area contributed by atoms with Gasteiger partial charge in [-0.15, -0.1) is 0 Å². The first-order chi connectivity index (χ1) is 7.34. The number of rotatable bonds is 1. The van der Waals surface area contributed by atoms with Crippen LogP contribution in [0.15, 0.2) is 24.3 Å². The number of aliphatic hydroxyl groups is 1. The summed E-state index contributed by atoms with van der Waals surface area (Å²) in [6, 6.07) is 0. The van der Waals surface area contributed by atoms with Gasteiger partial charge in [-0.3, -0.25) is 0 Å². The first kappa shape index (κ1) is 12.5. The van der Waals surface area contributed by atoms with E-state index in [4.69, 9.17) is 4.74 Å². The minimum Gasteiger partial charge on any atom is -0.390 e. The lowest BCUT2D eigenvalue weighted by molar-refractivity contribution is -0.0187. The number of ether oxygens (including phenoxy) is 1. The Morgan fingerprint density at radius 2 is 1.47 bits per heavy atom. The van der Waals surface area contributed by atoms with E-state index in [0.29, 0.717) is 0 Å². The SMILES string of the molecule is CO[C@@H]1CC/C=C/CC/C=C/CC[C@H]1O. The van der Waals surface area contributed by atoms with Crippen LogP contribution in [0.1, 0.15) is 38.5 Å². The van der Waals surface area contributed by atoms with E-state index in [2.05, 4.69) is 24.3 Å². The van der Waals surface area contributed by atoms with Gasteiger partial charge in [0, 0.05) is 7.11 Å². The second-order valence-electron chi connectivity index (χ2n) is 4.02. The molecule has 0 aliphatic heterocycles. The van der Waals surface area contributed by atoms with Crippen molar-refractivity contribution >= 4 is 0 Å². The number of hydrogen-bond donors (Lipinski definition) is 1. The molecule has 2 nitrogen and oxygen atoms in total. The van der Waals surface area contributed by atoms with Crippen molar-refractivity contribution in [3.05, 3.63) is 24.3 Å². The summed E-state index contributed by atoms with van der Waals surface area (Å²) in [6.07, 6.45) is 14.3. The molecule has 0 saturated heterocycles. The first-order valence-corrected chi connectivity index (χ1v) is 5.85. The Bertz CT molecular complexity index is 209. The molecule has 2 heteroatoms. The second kappa shape index (κ2) is 7.66. The third-order valence-electron chi connectivity index (χ3n) is 2.81. The highest BCUT2D eigenvalue weighted by Crippen LogP contribution is 2.13. The third-order valence-corrected chi connectivity index (χ3v) is 2.81. The maximum atomic E-state index is 9.87. The van der Waals surface area contributed by atoms with E-state index in [1.54, 1.807) is 7.11 Å². The molecule has 1 aliphatic rings. The highest BCUT2D eigenvalue weighted by atomic mass is 16.5. The topological polar surface area (TPSA) is 29.5 Å². The van der Waals surface area contributed by atoms with Gasteiger partial charge >= 0.3 is 0 Å². The lowest BCUT2D eigenvalue weighted by Crippen LogP contribution is -2.27. The summed E-state index contributed by atoms with van der Waals surface area (Å²) in [4.78, 5) is 0. The van der Waals surface area contributed by atoms with Crippen molar-refractivity contribution < 1.29 is 9.84 Å². The summed E-state index contributed by atoms with van der Waals surface area (Å²) in [5.74, 6) is 0. The fourth-order valence-electron chi connectivity index (χ4n) is 1.84. The molecule has 0 heterocycles. The van der Waals surface area contributed by atoms with Crippen LogP contribution >= 0.6 is 0 Å². The van der Waals surface area contributed by atoms with Gasteiger partial charge < -0.3 is 9.84 Å². The fourth-order valence-corrected chi connectivity index (χ4v) is 1.84. The molecule has 0 spiro atoms. The summed E-state index contributed by atoms with van der Waals surface area (Å²) >= 11 is 0. The minimum atomic E-state index is -0.326. The smallest absolute Gasteiger partial charge is 0.0833 e. The summed E-state index contributed by atoms with van der Waals surface area (Å²) in [7, 11) is 1.68. The molecule has 1 aliphatic carbocycles. The molecule has 0 aromatic rings. The highest BCUT2D eigenvalue weighted by Gasteiger charge is 2.16. The maximum Gasteiger partial charge on any atom is 0.0833 e. The van der Waals surface area contributed by atoms with Gasteiger partial charge in [-0.25, -0.2) is 0 Å². The van der Waals surface area contributed by atoms with Crippen LogP contribution in [0.5, 0.6) is 0 Å². The lowest BCUT2D eigenvalue weighted by Gasteiger charge is -2.20. The van der Waals surface area contributed by atoms with Gasteiger partial charge in [-0.2, -0.15) is 0 Å². The lowest BCUT2D eigenvalue weighted by atomic mass is 10.0. The van der Waals surface area contributed by atoms with E-state index in [0.717, 1.165) is 38.5 Å². The molecule has 2 atom stereocenters. The average Bonchev–Trinajstić information content (AvgIpc) is 2.23. The van der Waals surface area contributed by atoms with Crippen LogP contribution in [0, 0.1) is 0 Å². The molecule has 1 rings (SSSR count). The zero-order chi connectivity index (χ0) is 10.9. The zero-order valence-corrected chi connectivity index (χ0v) is 9.56. The van der Waals surface area contributed by atoms with Crippen molar-refractivity contribution in [2.75, 3.05) is 7.11 Å². The van der Waals surface area contributed by atoms with E-state index < -0.39 is 0 Å². The largest absolute Gasteiger partial charge is 0.390 e. The monoisotopic (exact) mass is 210 g/mol. The number of hydrogen-bond acceptors (Lipinski definition) is 2. The highest BCUT2D eigenvalue weighted by molar-refractivity contribution is 4.90. The van der Waals surface area contributed by atoms with Crippen molar-refractivity contribution in [3.8, 4) is 0 Å². The van der Waals surface area contributed by atoms with Gasteiger partial charge in [0.1, 0.15) is 0 Å². The zero-order valence-electron chi connectivity index (χ0n) is 9.56. The van der Waals surface area contributed by atoms with Crippen LogP contribution < -0.4 is 0 Å². The van der Waals surface area contributed by atoms with Crippen molar-refractivity contribution in [3.63, 3.8) is 0 Å². The van der Waals surface area contributed by atoms with E-state index in [9.17, 15) is 5.11 Å². The maximum absolute atomic E-state index is 9.87. The van der Waals surface area contributed by atoms with Crippen LogP contribution in [-0.4, -0.2) is 24.4 Å². The van der Waals surface area contributed by atoms with E-state index in [1.807, 2.05) is 0 Å². The average molecular weight is 210 g/mol. The first-order valence-electron chi connectivity index (χ1n) is 5.85. The van der Waals surface area contributed by atoms with E-state index in [-0.39, 0.29) is 12.2 Å². The molecule has 15 heavy (non-hydrogen) atoms. The Labute approximate surface area is 92.6 Å². The molecule has 0 radical (unpaired) electrons. The molecule has 0 bridgehead atoms. The van der Waals surface area contributed by atoms with Gasteiger partial charge in [0.2, 0.25) is 0 Å². The van der Waals surface area contributed by atoms with Crippen molar-refractivity contribution in [2.24, 2.45) is 0 Å². The molecule has 0 fully saturated rings. The van der Waals surface area contributed by atoms with Gasteiger partial charge in [-0.05, 0) is 38.5 Å². The molecule has 0 aromatic carbocycles. The molecule has 0 saturated carbocycles. The van der Waals surface area contributed by atoms with Crippen LogP contribution in [0.25, 0.3) is 0 Å². The Balaban J connectivity index is 2.46. The van der Waals surface area contributed by atoms with Crippen LogP contribution in [-0.2, 0) is 4.74 Å².